The van der Waals surface area contributed by atoms with Crippen molar-refractivity contribution in [3.05, 3.63) is 113 Å². The molecule has 2 aromatic heterocycles. The normalized spacial score (nSPS) is 10.7. The first-order valence-electron chi connectivity index (χ1n) is 10.2. The van der Waals surface area contributed by atoms with Gasteiger partial charge in [0.05, 0.1) is 6.54 Å². The zero-order valence-electron chi connectivity index (χ0n) is 17.6. The van der Waals surface area contributed by atoms with Gasteiger partial charge in [-0.15, -0.1) is 6.58 Å². The van der Waals surface area contributed by atoms with Crippen molar-refractivity contribution in [2.75, 3.05) is 5.32 Å². The van der Waals surface area contributed by atoms with Crippen LogP contribution in [0.4, 0.5) is 10.2 Å². The number of anilines is 1. The standard InChI is InChI=1S/C25H21ClFN3O3/c1-2-6-17-7-3-4-10-22(17)32-16-18-11-12-23(33-18)25(31)28-24-13-14-30(29-24)15-19-20(26)8-5-9-21(19)27/h2-5,7-14H,1,6,15-16H2,(H,28,29,31). The van der Waals surface area contributed by atoms with Crippen LogP contribution in [0.2, 0.25) is 5.02 Å². The van der Waals surface area contributed by atoms with E-state index in [4.69, 9.17) is 20.8 Å². The number of aromatic nitrogens is 2. The molecule has 0 atom stereocenters. The molecule has 0 saturated carbocycles. The van der Waals surface area contributed by atoms with Crippen molar-refractivity contribution in [3.63, 3.8) is 0 Å². The minimum Gasteiger partial charge on any atom is -0.485 e. The second-order valence-electron chi connectivity index (χ2n) is 7.21. The van der Waals surface area contributed by atoms with Crippen LogP contribution in [0, 0.1) is 5.82 Å². The highest BCUT2D eigenvalue weighted by Crippen LogP contribution is 2.22. The second-order valence-corrected chi connectivity index (χ2v) is 7.62. The Labute approximate surface area is 195 Å². The molecule has 0 fully saturated rings. The summed E-state index contributed by atoms with van der Waals surface area (Å²) < 4.78 is 26.9. The van der Waals surface area contributed by atoms with Crippen molar-refractivity contribution in [2.45, 2.75) is 19.6 Å². The molecule has 2 heterocycles. The smallest absolute Gasteiger partial charge is 0.292 e. The summed E-state index contributed by atoms with van der Waals surface area (Å²) >= 11 is 6.06. The molecule has 168 valence electrons. The number of ether oxygens (including phenoxy) is 1. The van der Waals surface area contributed by atoms with Crippen LogP contribution in [-0.2, 0) is 19.6 Å². The molecule has 0 saturated heterocycles. The predicted molar refractivity (Wildman–Crippen MR) is 124 cm³/mol. The van der Waals surface area contributed by atoms with Gasteiger partial charge in [-0.1, -0.05) is 41.9 Å². The van der Waals surface area contributed by atoms with E-state index in [1.165, 1.54) is 10.7 Å². The van der Waals surface area contributed by atoms with Crippen LogP contribution >= 0.6 is 11.6 Å². The first-order chi connectivity index (χ1) is 16.0. The third-order valence-corrected chi connectivity index (χ3v) is 5.21. The number of allylic oxidation sites excluding steroid dienone is 1. The zero-order chi connectivity index (χ0) is 23.2. The van der Waals surface area contributed by atoms with E-state index in [1.807, 2.05) is 30.3 Å². The Kier molecular flexibility index (Phi) is 6.90. The number of nitrogens with one attached hydrogen (secondary N) is 1. The summed E-state index contributed by atoms with van der Waals surface area (Å²) in [7, 11) is 0. The highest BCUT2D eigenvalue weighted by molar-refractivity contribution is 6.31. The lowest BCUT2D eigenvalue weighted by atomic mass is 10.1. The van der Waals surface area contributed by atoms with Crippen LogP contribution < -0.4 is 10.1 Å². The van der Waals surface area contributed by atoms with Crippen molar-refractivity contribution in [2.24, 2.45) is 0 Å². The maximum atomic E-state index is 14.0. The van der Waals surface area contributed by atoms with E-state index in [0.717, 1.165) is 11.3 Å². The fraction of sp³-hybridized carbons (Fsp3) is 0.120. The van der Waals surface area contributed by atoms with Crippen molar-refractivity contribution >= 4 is 23.3 Å². The molecule has 6 nitrogen and oxygen atoms in total. The Hall–Kier alpha value is -3.84. The summed E-state index contributed by atoms with van der Waals surface area (Å²) in [6.07, 6.45) is 4.13. The molecule has 33 heavy (non-hydrogen) atoms. The molecule has 0 aliphatic carbocycles. The Morgan fingerprint density at radius 1 is 1.18 bits per heavy atom. The number of furan rings is 1. The minimum atomic E-state index is -0.456. The van der Waals surface area contributed by atoms with Crippen molar-refractivity contribution in [1.29, 1.82) is 0 Å². The molecule has 0 aliphatic heterocycles. The van der Waals surface area contributed by atoms with Gasteiger partial charge in [0.1, 0.15) is 23.9 Å². The van der Waals surface area contributed by atoms with Crippen molar-refractivity contribution < 1.29 is 18.3 Å². The van der Waals surface area contributed by atoms with Crippen LogP contribution in [0.25, 0.3) is 0 Å². The maximum absolute atomic E-state index is 14.0. The van der Waals surface area contributed by atoms with E-state index in [0.29, 0.717) is 28.6 Å². The molecule has 0 radical (unpaired) electrons. The molecule has 0 aliphatic rings. The predicted octanol–water partition coefficient (Wildman–Crippen LogP) is 5.88. The lowest BCUT2D eigenvalue weighted by Gasteiger charge is -2.08. The SMILES string of the molecule is C=CCc1ccccc1OCc1ccc(C(=O)Nc2ccn(Cc3c(F)cccc3Cl)n2)o1. The molecular weight excluding hydrogens is 445 g/mol. The van der Waals surface area contributed by atoms with Gasteiger partial charge in [0, 0.05) is 22.8 Å². The average molecular weight is 466 g/mol. The van der Waals surface area contributed by atoms with Gasteiger partial charge in [-0.2, -0.15) is 5.10 Å². The number of carbonyl (C=O) groups is 1. The molecule has 0 bridgehead atoms. The number of carbonyl (C=O) groups excluding carboxylic acids is 1. The molecule has 1 N–H and O–H groups in total. The van der Waals surface area contributed by atoms with E-state index < -0.39 is 11.7 Å². The largest absolute Gasteiger partial charge is 0.485 e. The van der Waals surface area contributed by atoms with Gasteiger partial charge in [-0.3, -0.25) is 9.48 Å². The van der Waals surface area contributed by atoms with Crippen LogP contribution in [0.3, 0.4) is 0 Å². The molecule has 1 amide bonds. The van der Waals surface area contributed by atoms with Gasteiger partial charge >= 0.3 is 0 Å². The fourth-order valence-corrected chi connectivity index (χ4v) is 3.46. The summed E-state index contributed by atoms with van der Waals surface area (Å²) in [6, 6.07) is 17.0. The minimum absolute atomic E-state index is 0.125. The molecular formula is C25H21ClFN3O3. The molecule has 8 heteroatoms. The summed E-state index contributed by atoms with van der Waals surface area (Å²) in [6.45, 7) is 4.07. The molecule has 0 spiro atoms. The summed E-state index contributed by atoms with van der Waals surface area (Å²) in [4.78, 5) is 12.5. The van der Waals surface area contributed by atoms with E-state index in [-0.39, 0.29) is 18.9 Å². The Balaban J connectivity index is 1.36. The van der Waals surface area contributed by atoms with Gasteiger partial charge in [0.25, 0.3) is 5.91 Å². The van der Waals surface area contributed by atoms with E-state index >= 15 is 0 Å². The molecule has 4 aromatic rings. The van der Waals surface area contributed by atoms with Crippen molar-refractivity contribution in [3.8, 4) is 5.75 Å². The summed E-state index contributed by atoms with van der Waals surface area (Å²) in [5.74, 6) is 0.803. The van der Waals surface area contributed by atoms with Gasteiger partial charge in [-0.05, 0) is 42.3 Å². The molecule has 4 rings (SSSR count). The van der Waals surface area contributed by atoms with Crippen LogP contribution in [-0.4, -0.2) is 15.7 Å². The summed E-state index contributed by atoms with van der Waals surface area (Å²) in [5, 5.41) is 7.22. The van der Waals surface area contributed by atoms with Crippen LogP contribution in [0.5, 0.6) is 5.75 Å². The number of halogens is 2. The Bertz CT molecular complexity index is 1260. The Morgan fingerprint density at radius 3 is 2.85 bits per heavy atom. The monoisotopic (exact) mass is 465 g/mol. The van der Waals surface area contributed by atoms with Crippen LogP contribution in [0.1, 0.15) is 27.4 Å². The highest BCUT2D eigenvalue weighted by atomic mass is 35.5. The maximum Gasteiger partial charge on any atom is 0.292 e. The molecule has 0 unspecified atom stereocenters. The fourth-order valence-electron chi connectivity index (χ4n) is 3.23. The first kappa shape index (κ1) is 22.4. The number of benzene rings is 2. The van der Waals surface area contributed by atoms with E-state index in [2.05, 4.69) is 17.0 Å². The van der Waals surface area contributed by atoms with Gasteiger partial charge in [-0.25, -0.2) is 4.39 Å². The van der Waals surface area contributed by atoms with Gasteiger partial charge < -0.3 is 14.5 Å². The van der Waals surface area contributed by atoms with Crippen LogP contribution in [0.15, 0.2) is 83.9 Å². The summed E-state index contributed by atoms with van der Waals surface area (Å²) in [5.41, 5.74) is 1.34. The van der Waals surface area contributed by atoms with E-state index in [9.17, 15) is 9.18 Å². The highest BCUT2D eigenvalue weighted by Gasteiger charge is 2.14. The average Bonchev–Trinajstić information content (AvgIpc) is 3.46. The van der Waals surface area contributed by atoms with E-state index in [1.54, 1.807) is 36.5 Å². The Morgan fingerprint density at radius 2 is 2.03 bits per heavy atom. The number of nitrogens with zero attached hydrogens (tertiary/aromatic N) is 2. The number of para-hydroxylation sites is 1. The van der Waals surface area contributed by atoms with Gasteiger partial charge in [0.2, 0.25) is 0 Å². The van der Waals surface area contributed by atoms with Gasteiger partial charge in [0.15, 0.2) is 11.6 Å². The molecule has 2 aromatic carbocycles. The van der Waals surface area contributed by atoms with Crippen molar-refractivity contribution in [1.82, 2.24) is 9.78 Å². The lowest BCUT2D eigenvalue weighted by molar-refractivity contribution is 0.0992. The third-order valence-electron chi connectivity index (χ3n) is 4.86. The third kappa shape index (κ3) is 5.51. The number of amides is 1. The zero-order valence-corrected chi connectivity index (χ0v) is 18.4. The number of rotatable bonds is 9. The first-order valence-corrected chi connectivity index (χ1v) is 10.6. The number of hydrogen-bond donors (Lipinski definition) is 1. The topological polar surface area (TPSA) is 69.3 Å². The number of hydrogen-bond acceptors (Lipinski definition) is 4. The quantitative estimate of drug-likeness (QED) is 0.313. The lowest BCUT2D eigenvalue weighted by Crippen LogP contribution is -2.12. The second kappa shape index (κ2) is 10.2.